The summed E-state index contributed by atoms with van der Waals surface area (Å²) in [6.07, 6.45) is 4.72. The summed E-state index contributed by atoms with van der Waals surface area (Å²) in [5.74, 6) is 0.939. The van der Waals surface area contributed by atoms with Gasteiger partial charge in [-0.2, -0.15) is 5.10 Å². The molecule has 1 atom stereocenters. The van der Waals surface area contributed by atoms with Gasteiger partial charge in [0.15, 0.2) is 0 Å². The van der Waals surface area contributed by atoms with E-state index in [1.165, 1.54) is 16.9 Å². The van der Waals surface area contributed by atoms with E-state index >= 15 is 0 Å². The van der Waals surface area contributed by atoms with E-state index < -0.39 is 0 Å². The fourth-order valence-electron chi connectivity index (χ4n) is 1.39. The number of aromatic nitrogens is 4. The van der Waals surface area contributed by atoms with Gasteiger partial charge in [-0.3, -0.25) is 4.79 Å². The minimum Gasteiger partial charge on any atom is -0.490 e. The molecule has 100 valence electrons. The Morgan fingerprint density at radius 3 is 2.79 bits per heavy atom. The molecular weight excluding hydrogens is 246 g/mol. The van der Waals surface area contributed by atoms with E-state index in [2.05, 4.69) is 15.1 Å². The van der Waals surface area contributed by atoms with Crippen molar-refractivity contribution in [3.8, 4) is 5.75 Å². The van der Waals surface area contributed by atoms with Crippen molar-refractivity contribution in [3.05, 3.63) is 46.9 Å². The van der Waals surface area contributed by atoms with Crippen LogP contribution in [0.2, 0.25) is 0 Å². The molecule has 0 bridgehead atoms. The van der Waals surface area contributed by atoms with Gasteiger partial charge in [0.1, 0.15) is 24.7 Å². The molecule has 0 amide bonds. The Labute approximate surface area is 110 Å². The van der Waals surface area contributed by atoms with E-state index in [1.54, 1.807) is 18.5 Å². The fourth-order valence-corrected chi connectivity index (χ4v) is 1.39. The van der Waals surface area contributed by atoms with Crippen LogP contribution in [0, 0.1) is 0 Å². The van der Waals surface area contributed by atoms with Gasteiger partial charge in [-0.25, -0.2) is 14.6 Å². The Morgan fingerprint density at radius 2 is 2.16 bits per heavy atom. The molecule has 0 saturated heterocycles. The van der Waals surface area contributed by atoms with Crippen molar-refractivity contribution in [2.45, 2.75) is 19.5 Å². The highest BCUT2D eigenvalue weighted by atomic mass is 16.5. The monoisotopic (exact) mass is 261 g/mol. The van der Waals surface area contributed by atoms with Gasteiger partial charge >= 0.3 is 0 Å². The first kappa shape index (κ1) is 13.2. The maximum Gasteiger partial charge on any atom is 0.270 e. The molecular formula is C12H15N5O2. The molecule has 1 unspecified atom stereocenters. The summed E-state index contributed by atoms with van der Waals surface area (Å²) < 4.78 is 6.59. The van der Waals surface area contributed by atoms with Crippen molar-refractivity contribution < 1.29 is 4.74 Å². The zero-order valence-electron chi connectivity index (χ0n) is 10.6. The van der Waals surface area contributed by atoms with Crippen LogP contribution in [0.1, 0.15) is 12.7 Å². The summed E-state index contributed by atoms with van der Waals surface area (Å²) in [4.78, 5) is 19.9. The molecule has 2 aromatic heterocycles. The lowest BCUT2D eigenvalue weighted by Crippen LogP contribution is -2.26. The third kappa shape index (κ3) is 3.85. The molecule has 0 aliphatic carbocycles. The molecule has 0 radical (unpaired) electrons. The number of nitrogens with zero attached hydrogens (tertiary/aromatic N) is 4. The molecule has 2 heterocycles. The van der Waals surface area contributed by atoms with Gasteiger partial charge < -0.3 is 10.5 Å². The average Bonchev–Trinajstić information content (AvgIpc) is 2.40. The second kappa shape index (κ2) is 6.05. The van der Waals surface area contributed by atoms with Gasteiger partial charge in [-0.15, -0.1) is 0 Å². The Morgan fingerprint density at radius 1 is 1.42 bits per heavy atom. The third-order valence-corrected chi connectivity index (χ3v) is 2.27. The van der Waals surface area contributed by atoms with Crippen LogP contribution in [-0.4, -0.2) is 32.4 Å². The Kier molecular flexibility index (Phi) is 4.19. The van der Waals surface area contributed by atoms with Crippen LogP contribution in [0.25, 0.3) is 0 Å². The molecule has 7 heteroatoms. The summed E-state index contributed by atoms with van der Waals surface area (Å²) in [6.45, 7) is 2.39. The van der Waals surface area contributed by atoms with E-state index in [0.717, 1.165) is 0 Å². The molecule has 0 fully saturated rings. The second-order valence-electron chi connectivity index (χ2n) is 4.14. The van der Waals surface area contributed by atoms with Crippen LogP contribution in [0.4, 0.5) is 0 Å². The Bertz CT molecular complexity index is 582. The number of nitrogens with two attached hydrogens (primary N) is 1. The molecule has 7 nitrogen and oxygen atoms in total. The maximum absolute atomic E-state index is 11.8. The van der Waals surface area contributed by atoms with Crippen LogP contribution in [0.3, 0.4) is 0 Å². The van der Waals surface area contributed by atoms with Gasteiger partial charge in [-0.05, 0) is 13.0 Å². The van der Waals surface area contributed by atoms with Crippen LogP contribution < -0.4 is 16.0 Å². The fraction of sp³-hybridized carbons (Fsp3) is 0.333. The molecule has 2 N–H and O–H groups in total. The summed E-state index contributed by atoms with van der Waals surface area (Å²) in [6, 6.07) is 2.99. The first-order chi connectivity index (χ1) is 9.15. The quantitative estimate of drug-likeness (QED) is 0.801. The van der Waals surface area contributed by atoms with Crippen LogP contribution >= 0.6 is 0 Å². The van der Waals surface area contributed by atoms with Crippen molar-refractivity contribution >= 4 is 0 Å². The SMILES string of the molecule is CC(N)COc1cnn(Cc2ncccn2)c(=O)c1. The van der Waals surface area contributed by atoms with Gasteiger partial charge in [0, 0.05) is 24.5 Å². The highest BCUT2D eigenvalue weighted by molar-refractivity contribution is 5.14. The molecule has 0 aliphatic heterocycles. The van der Waals surface area contributed by atoms with E-state index in [9.17, 15) is 4.79 Å². The maximum atomic E-state index is 11.8. The molecule has 0 aliphatic rings. The number of rotatable bonds is 5. The van der Waals surface area contributed by atoms with Gasteiger partial charge in [0.2, 0.25) is 0 Å². The lowest BCUT2D eigenvalue weighted by atomic mass is 10.4. The number of ether oxygens (including phenoxy) is 1. The molecule has 0 spiro atoms. The second-order valence-corrected chi connectivity index (χ2v) is 4.14. The topological polar surface area (TPSA) is 95.9 Å². The Hall–Kier alpha value is -2.28. The summed E-state index contributed by atoms with van der Waals surface area (Å²) >= 11 is 0. The number of hydrogen-bond donors (Lipinski definition) is 1. The first-order valence-electron chi connectivity index (χ1n) is 5.86. The normalized spacial score (nSPS) is 12.1. The zero-order chi connectivity index (χ0) is 13.7. The predicted molar refractivity (Wildman–Crippen MR) is 68.8 cm³/mol. The van der Waals surface area contributed by atoms with Crippen LogP contribution in [0.15, 0.2) is 35.5 Å². The lowest BCUT2D eigenvalue weighted by Gasteiger charge is -2.09. The van der Waals surface area contributed by atoms with Crippen molar-refractivity contribution in [3.63, 3.8) is 0 Å². The van der Waals surface area contributed by atoms with Gasteiger partial charge in [0.25, 0.3) is 5.56 Å². The van der Waals surface area contributed by atoms with Crippen molar-refractivity contribution in [1.29, 1.82) is 0 Å². The smallest absolute Gasteiger partial charge is 0.270 e. The predicted octanol–water partition coefficient (Wildman–Crippen LogP) is -0.192. The lowest BCUT2D eigenvalue weighted by molar-refractivity contribution is 0.293. The van der Waals surface area contributed by atoms with E-state index in [0.29, 0.717) is 18.2 Å². The molecule has 2 rings (SSSR count). The van der Waals surface area contributed by atoms with Crippen molar-refractivity contribution in [2.75, 3.05) is 6.61 Å². The standard InChI is InChI=1S/C12H15N5O2/c1-9(13)8-19-10-5-12(18)17(16-6-10)7-11-14-3-2-4-15-11/h2-6,9H,7-8,13H2,1H3. The van der Waals surface area contributed by atoms with E-state index in [1.807, 2.05) is 6.92 Å². The zero-order valence-corrected chi connectivity index (χ0v) is 10.6. The van der Waals surface area contributed by atoms with Crippen molar-refractivity contribution in [2.24, 2.45) is 5.73 Å². The largest absolute Gasteiger partial charge is 0.490 e. The van der Waals surface area contributed by atoms with E-state index in [4.69, 9.17) is 10.5 Å². The summed E-state index contributed by atoms with van der Waals surface area (Å²) in [5.41, 5.74) is 5.30. The molecule has 19 heavy (non-hydrogen) atoms. The van der Waals surface area contributed by atoms with Crippen LogP contribution in [0.5, 0.6) is 5.75 Å². The average molecular weight is 261 g/mol. The minimum atomic E-state index is -0.269. The van der Waals surface area contributed by atoms with E-state index in [-0.39, 0.29) is 18.1 Å². The van der Waals surface area contributed by atoms with Gasteiger partial charge in [0.05, 0.1) is 6.20 Å². The number of hydrogen-bond acceptors (Lipinski definition) is 6. The highest BCUT2D eigenvalue weighted by Crippen LogP contribution is 2.04. The third-order valence-electron chi connectivity index (χ3n) is 2.27. The summed E-state index contributed by atoms with van der Waals surface area (Å²) in [5, 5.41) is 4.01. The summed E-state index contributed by atoms with van der Waals surface area (Å²) in [7, 11) is 0. The minimum absolute atomic E-state index is 0.0971. The van der Waals surface area contributed by atoms with Gasteiger partial charge in [-0.1, -0.05) is 0 Å². The molecule has 0 aromatic carbocycles. The molecule has 0 saturated carbocycles. The Balaban J connectivity index is 2.09. The first-order valence-corrected chi connectivity index (χ1v) is 5.86. The van der Waals surface area contributed by atoms with Crippen molar-refractivity contribution in [1.82, 2.24) is 19.7 Å². The highest BCUT2D eigenvalue weighted by Gasteiger charge is 2.04. The van der Waals surface area contributed by atoms with Crippen LogP contribution in [-0.2, 0) is 6.54 Å². The molecule has 2 aromatic rings.